The fourth-order valence-corrected chi connectivity index (χ4v) is 4.99. The first-order chi connectivity index (χ1) is 12.9. The summed E-state index contributed by atoms with van der Waals surface area (Å²) >= 11 is 0. The summed E-state index contributed by atoms with van der Waals surface area (Å²) in [4.78, 5) is 41.5. The number of nitrogens with zero attached hydrogens (tertiary/aromatic N) is 2. The molecule has 2 aliphatic carbocycles. The molecule has 3 aliphatic rings. The molecule has 1 aromatic carbocycles. The van der Waals surface area contributed by atoms with Crippen LogP contribution in [0.5, 0.6) is 0 Å². The maximum Gasteiger partial charge on any atom is 0.326 e. The van der Waals surface area contributed by atoms with Gasteiger partial charge in [0.2, 0.25) is 5.91 Å². The summed E-state index contributed by atoms with van der Waals surface area (Å²) in [5.74, 6) is -1.75. The zero-order chi connectivity index (χ0) is 19.3. The van der Waals surface area contributed by atoms with Gasteiger partial charge in [0.25, 0.3) is 0 Å². The second kappa shape index (κ2) is 6.66. The van der Waals surface area contributed by atoms with Gasteiger partial charge in [-0.15, -0.1) is 0 Å². The highest BCUT2D eigenvalue weighted by Gasteiger charge is 2.59. The zero-order valence-corrected chi connectivity index (χ0v) is 15.8. The van der Waals surface area contributed by atoms with Crippen molar-refractivity contribution in [1.82, 2.24) is 4.90 Å². The lowest BCUT2D eigenvalue weighted by molar-refractivity contribution is -0.154. The Bertz CT molecular complexity index is 769. The minimum Gasteiger partial charge on any atom is -0.480 e. The number of carboxylic acids is 1. The number of Topliss-reactive ketones (excluding diaryl/α,β-unsaturated/α-hetero) is 1. The number of rotatable bonds is 4. The first-order valence-electron chi connectivity index (χ1n) is 9.75. The fourth-order valence-electron chi connectivity index (χ4n) is 4.99. The van der Waals surface area contributed by atoms with Gasteiger partial charge in [-0.1, -0.05) is 18.6 Å². The molecule has 27 heavy (non-hydrogen) atoms. The van der Waals surface area contributed by atoms with Crippen LogP contribution >= 0.6 is 0 Å². The zero-order valence-electron chi connectivity index (χ0n) is 15.8. The highest BCUT2D eigenvalue weighted by atomic mass is 16.4. The van der Waals surface area contributed by atoms with E-state index in [1.807, 2.05) is 43.3 Å². The van der Waals surface area contributed by atoms with Gasteiger partial charge in [0.1, 0.15) is 11.8 Å². The number of fused-ring (bicyclic) bond motifs is 1. The molecule has 0 bridgehead atoms. The van der Waals surface area contributed by atoms with Gasteiger partial charge in [-0.25, -0.2) is 4.79 Å². The molecule has 1 heterocycles. The Morgan fingerprint density at radius 1 is 1.11 bits per heavy atom. The molecule has 2 saturated carbocycles. The highest BCUT2D eigenvalue weighted by molar-refractivity contribution is 5.92. The number of ketones is 1. The van der Waals surface area contributed by atoms with E-state index in [9.17, 15) is 19.5 Å². The first kappa shape index (κ1) is 18.0. The van der Waals surface area contributed by atoms with Gasteiger partial charge >= 0.3 is 5.97 Å². The fraction of sp³-hybridized carbons (Fsp3) is 0.571. The molecule has 144 valence electrons. The van der Waals surface area contributed by atoms with Crippen LogP contribution in [-0.4, -0.2) is 47.8 Å². The van der Waals surface area contributed by atoms with Gasteiger partial charge < -0.3 is 14.9 Å². The summed E-state index contributed by atoms with van der Waals surface area (Å²) in [5, 5.41) is 9.91. The summed E-state index contributed by atoms with van der Waals surface area (Å²) in [6, 6.07) is 6.44. The molecule has 4 rings (SSSR count). The summed E-state index contributed by atoms with van der Waals surface area (Å²) in [5.41, 5.74) is 1.89. The van der Waals surface area contributed by atoms with Gasteiger partial charge in [-0.05, 0) is 37.0 Å². The second-order valence-corrected chi connectivity index (χ2v) is 8.28. The summed E-state index contributed by atoms with van der Waals surface area (Å²) in [6.07, 6.45) is 3.61. The lowest BCUT2D eigenvalue weighted by Crippen LogP contribution is -2.48. The van der Waals surface area contributed by atoms with Crippen LogP contribution in [0.15, 0.2) is 24.3 Å². The Hall–Kier alpha value is -2.37. The van der Waals surface area contributed by atoms with Crippen LogP contribution in [0.4, 0.5) is 5.69 Å². The first-order valence-corrected chi connectivity index (χ1v) is 9.75. The van der Waals surface area contributed by atoms with Gasteiger partial charge in [0.05, 0.1) is 6.04 Å². The average Bonchev–Trinajstić information content (AvgIpc) is 3.11. The van der Waals surface area contributed by atoms with Crippen molar-refractivity contribution in [3.63, 3.8) is 0 Å². The molecule has 6 heteroatoms. The van der Waals surface area contributed by atoms with Gasteiger partial charge in [0, 0.05) is 44.0 Å². The van der Waals surface area contributed by atoms with E-state index in [1.54, 1.807) is 4.90 Å². The predicted molar refractivity (Wildman–Crippen MR) is 100 cm³/mol. The molecule has 4 unspecified atom stereocenters. The lowest BCUT2D eigenvalue weighted by atomic mass is 9.83. The van der Waals surface area contributed by atoms with Crippen LogP contribution in [0, 0.1) is 17.8 Å². The maximum absolute atomic E-state index is 13.2. The number of hydrogen-bond acceptors (Lipinski definition) is 4. The van der Waals surface area contributed by atoms with E-state index < -0.39 is 24.0 Å². The molecular formula is C21H26N2O4. The van der Waals surface area contributed by atoms with Crippen molar-refractivity contribution in [3.8, 4) is 0 Å². The Balaban J connectivity index is 1.77. The SMILES string of the molecule is CN(C)c1ccc(C2C3C(=O)CCC3C(C(=O)O)N2C(=O)C2CCC2)cc1. The quantitative estimate of drug-likeness (QED) is 0.881. The van der Waals surface area contributed by atoms with Crippen molar-refractivity contribution in [1.29, 1.82) is 0 Å². The van der Waals surface area contributed by atoms with Crippen LogP contribution in [0.3, 0.4) is 0 Å². The molecular weight excluding hydrogens is 344 g/mol. The number of carbonyl (C=O) groups excluding carboxylic acids is 2. The number of benzene rings is 1. The molecule has 1 amide bonds. The topological polar surface area (TPSA) is 77.9 Å². The number of carboxylic acid groups (broad SMARTS) is 1. The van der Waals surface area contributed by atoms with E-state index in [1.165, 1.54) is 0 Å². The lowest BCUT2D eigenvalue weighted by Gasteiger charge is -2.36. The minimum atomic E-state index is -0.986. The number of amides is 1. The van der Waals surface area contributed by atoms with Gasteiger partial charge in [0.15, 0.2) is 0 Å². The van der Waals surface area contributed by atoms with Crippen molar-refractivity contribution in [2.45, 2.75) is 44.2 Å². The van der Waals surface area contributed by atoms with Crippen molar-refractivity contribution in [3.05, 3.63) is 29.8 Å². The van der Waals surface area contributed by atoms with E-state index in [0.717, 1.165) is 30.5 Å². The summed E-state index contributed by atoms with van der Waals surface area (Å²) in [7, 11) is 3.90. The number of likely N-dealkylation sites (tertiary alicyclic amines) is 1. The van der Waals surface area contributed by atoms with Crippen molar-refractivity contribution >= 4 is 23.3 Å². The monoisotopic (exact) mass is 370 g/mol. The highest BCUT2D eigenvalue weighted by Crippen LogP contribution is 2.52. The second-order valence-electron chi connectivity index (χ2n) is 8.28. The number of anilines is 1. The molecule has 0 spiro atoms. The van der Waals surface area contributed by atoms with E-state index in [2.05, 4.69) is 0 Å². The predicted octanol–water partition coefficient (Wildman–Crippen LogP) is 2.48. The van der Waals surface area contributed by atoms with Crippen molar-refractivity contribution in [2.24, 2.45) is 17.8 Å². The van der Waals surface area contributed by atoms with Crippen LogP contribution < -0.4 is 4.90 Å². The van der Waals surface area contributed by atoms with Crippen LogP contribution in [-0.2, 0) is 14.4 Å². The Kier molecular flexibility index (Phi) is 4.44. The minimum absolute atomic E-state index is 0.0856. The number of carbonyl (C=O) groups is 3. The van der Waals surface area contributed by atoms with Gasteiger partial charge in [-0.2, -0.15) is 0 Å². The maximum atomic E-state index is 13.2. The number of aliphatic carboxylic acids is 1. The van der Waals surface area contributed by atoms with Crippen LogP contribution in [0.2, 0.25) is 0 Å². The van der Waals surface area contributed by atoms with E-state index >= 15 is 0 Å². The Morgan fingerprint density at radius 3 is 2.30 bits per heavy atom. The standard InChI is InChI=1S/C21H26N2O4/c1-22(2)14-8-6-12(7-9-14)18-17-15(10-11-16(17)24)19(21(26)27)23(18)20(25)13-4-3-5-13/h6-9,13,15,17-19H,3-5,10-11H2,1-2H3,(H,26,27). The van der Waals surface area contributed by atoms with E-state index in [0.29, 0.717) is 12.8 Å². The summed E-state index contributed by atoms with van der Waals surface area (Å²) < 4.78 is 0. The van der Waals surface area contributed by atoms with Crippen LogP contribution in [0.25, 0.3) is 0 Å². The average molecular weight is 370 g/mol. The molecule has 6 nitrogen and oxygen atoms in total. The third kappa shape index (κ3) is 2.82. The molecule has 1 N–H and O–H groups in total. The Labute approximate surface area is 159 Å². The Morgan fingerprint density at radius 2 is 1.78 bits per heavy atom. The van der Waals surface area contributed by atoms with Crippen molar-refractivity contribution in [2.75, 3.05) is 19.0 Å². The van der Waals surface area contributed by atoms with Gasteiger partial charge in [-0.3, -0.25) is 9.59 Å². The largest absolute Gasteiger partial charge is 0.480 e. The van der Waals surface area contributed by atoms with E-state index in [-0.39, 0.29) is 23.5 Å². The molecule has 0 radical (unpaired) electrons. The van der Waals surface area contributed by atoms with Crippen molar-refractivity contribution < 1.29 is 19.5 Å². The molecule has 1 aliphatic heterocycles. The number of hydrogen-bond donors (Lipinski definition) is 1. The molecule has 3 fully saturated rings. The molecule has 4 atom stereocenters. The normalized spacial score (nSPS) is 30.1. The smallest absolute Gasteiger partial charge is 0.326 e. The summed E-state index contributed by atoms with van der Waals surface area (Å²) in [6.45, 7) is 0. The van der Waals surface area contributed by atoms with E-state index in [4.69, 9.17) is 0 Å². The molecule has 1 saturated heterocycles. The third-order valence-electron chi connectivity index (χ3n) is 6.62. The van der Waals surface area contributed by atoms with Crippen LogP contribution in [0.1, 0.15) is 43.7 Å². The molecule has 0 aromatic heterocycles. The third-order valence-corrected chi connectivity index (χ3v) is 6.62. The molecule has 1 aromatic rings.